The lowest BCUT2D eigenvalue weighted by Gasteiger charge is -2.24. The van der Waals surface area contributed by atoms with E-state index in [0.717, 1.165) is 25.3 Å². The molecule has 0 amide bonds. The Balaban J connectivity index is 1.71. The molecule has 3 aromatic rings. The summed E-state index contributed by atoms with van der Waals surface area (Å²) in [4.78, 5) is 27.2. The van der Waals surface area contributed by atoms with Gasteiger partial charge in [0, 0.05) is 37.7 Å². The molecule has 3 aromatic heterocycles. The van der Waals surface area contributed by atoms with Crippen LogP contribution < -0.4 is 10.5 Å². The molecule has 0 aromatic carbocycles. The number of hydrogen-bond donors (Lipinski definition) is 1. The zero-order valence-electron chi connectivity index (χ0n) is 12.3. The molecule has 116 valence electrons. The van der Waals surface area contributed by atoms with Gasteiger partial charge in [-0.25, -0.2) is 15.0 Å². The second kappa shape index (κ2) is 5.56. The molecule has 0 aliphatic carbocycles. The van der Waals surface area contributed by atoms with Gasteiger partial charge in [-0.15, -0.1) is 0 Å². The molecule has 0 atom stereocenters. The van der Waals surface area contributed by atoms with E-state index in [-0.39, 0.29) is 5.56 Å². The van der Waals surface area contributed by atoms with Gasteiger partial charge in [-0.3, -0.25) is 14.5 Å². The molecule has 1 aliphatic rings. The molecule has 0 saturated heterocycles. The first-order valence-corrected chi connectivity index (χ1v) is 7.34. The smallest absolute Gasteiger partial charge is 0.296 e. The Kier molecular flexibility index (Phi) is 3.26. The van der Waals surface area contributed by atoms with Crippen LogP contribution in [0.15, 0.2) is 54.3 Å². The summed E-state index contributed by atoms with van der Waals surface area (Å²) >= 11 is 0. The summed E-state index contributed by atoms with van der Waals surface area (Å²) in [5.74, 6) is 1.32. The number of anilines is 1. The van der Waals surface area contributed by atoms with Gasteiger partial charge >= 0.3 is 0 Å². The van der Waals surface area contributed by atoms with Crippen LogP contribution in [-0.2, 0) is 0 Å². The van der Waals surface area contributed by atoms with Gasteiger partial charge in [-0.05, 0) is 6.42 Å². The third-order valence-corrected chi connectivity index (χ3v) is 3.78. The first-order chi connectivity index (χ1) is 11.3. The molecule has 0 saturated carbocycles. The van der Waals surface area contributed by atoms with Gasteiger partial charge in [0.05, 0.1) is 6.33 Å². The van der Waals surface area contributed by atoms with Crippen molar-refractivity contribution in [1.29, 1.82) is 0 Å². The number of aromatic nitrogens is 6. The van der Waals surface area contributed by atoms with Crippen LogP contribution >= 0.6 is 0 Å². The Labute approximate surface area is 131 Å². The number of nitrogens with one attached hydrogen (secondary N) is 1. The summed E-state index contributed by atoms with van der Waals surface area (Å²) in [6.07, 6.45) is 13.3. The fraction of sp³-hybridized carbons (Fsp3) is 0.200. The van der Waals surface area contributed by atoms with E-state index >= 15 is 0 Å². The van der Waals surface area contributed by atoms with Crippen molar-refractivity contribution in [2.45, 2.75) is 6.42 Å². The van der Waals surface area contributed by atoms with E-state index in [9.17, 15) is 4.79 Å². The summed E-state index contributed by atoms with van der Waals surface area (Å²) in [6, 6.07) is 1.81. The Hall–Kier alpha value is -3.16. The van der Waals surface area contributed by atoms with Gasteiger partial charge in [0.1, 0.15) is 17.8 Å². The van der Waals surface area contributed by atoms with E-state index in [0.29, 0.717) is 11.5 Å². The maximum absolute atomic E-state index is 12.6. The fourth-order valence-electron chi connectivity index (χ4n) is 2.60. The molecule has 4 heterocycles. The SMILES string of the molecule is O=c1c(-n2ccnc2)c[nH]n1-c1cc(N2CC=CCC2)ncn1. The monoisotopic (exact) mass is 309 g/mol. The Morgan fingerprint density at radius 1 is 1.17 bits per heavy atom. The second-order valence-corrected chi connectivity index (χ2v) is 5.21. The average Bonchev–Trinajstić information content (AvgIpc) is 3.25. The zero-order chi connectivity index (χ0) is 15.6. The summed E-state index contributed by atoms with van der Waals surface area (Å²) < 4.78 is 3.06. The molecular weight excluding hydrogens is 294 g/mol. The topological polar surface area (TPSA) is 84.6 Å². The number of aromatic amines is 1. The molecule has 0 fully saturated rings. The van der Waals surface area contributed by atoms with Crippen molar-refractivity contribution in [3.8, 4) is 11.5 Å². The van der Waals surface area contributed by atoms with E-state index in [2.05, 4.69) is 37.1 Å². The predicted octanol–water partition coefficient (Wildman–Crippen LogP) is 0.908. The molecular formula is C15H15N7O. The number of hydrogen-bond acceptors (Lipinski definition) is 5. The van der Waals surface area contributed by atoms with Gasteiger partial charge in [0.25, 0.3) is 5.56 Å². The minimum absolute atomic E-state index is 0.189. The van der Waals surface area contributed by atoms with Crippen LogP contribution in [0.5, 0.6) is 0 Å². The Bertz CT molecular complexity index is 891. The lowest BCUT2D eigenvalue weighted by Crippen LogP contribution is -2.28. The maximum Gasteiger partial charge on any atom is 0.296 e. The van der Waals surface area contributed by atoms with E-state index < -0.39 is 0 Å². The van der Waals surface area contributed by atoms with E-state index in [1.165, 1.54) is 11.0 Å². The standard InChI is InChI=1S/C15H15N7O/c23-15-12(21-7-4-16-11-21)9-19-22(15)14-8-13(17-10-18-14)20-5-2-1-3-6-20/h1-2,4,7-11,19H,3,5-6H2. The van der Waals surface area contributed by atoms with Gasteiger partial charge in [-0.2, -0.15) is 4.68 Å². The predicted molar refractivity (Wildman–Crippen MR) is 85.1 cm³/mol. The Morgan fingerprint density at radius 3 is 2.87 bits per heavy atom. The number of nitrogens with zero attached hydrogens (tertiary/aromatic N) is 6. The molecule has 1 aliphatic heterocycles. The van der Waals surface area contributed by atoms with Crippen molar-refractivity contribution < 1.29 is 0 Å². The van der Waals surface area contributed by atoms with Crippen LogP contribution in [0.4, 0.5) is 5.82 Å². The van der Waals surface area contributed by atoms with Gasteiger partial charge in [0.15, 0.2) is 5.82 Å². The lowest BCUT2D eigenvalue weighted by molar-refractivity contribution is 0.781. The van der Waals surface area contributed by atoms with E-state index in [1.807, 2.05) is 6.07 Å². The highest BCUT2D eigenvalue weighted by Gasteiger charge is 2.13. The molecule has 23 heavy (non-hydrogen) atoms. The van der Waals surface area contributed by atoms with E-state index in [4.69, 9.17) is 0 Å². The number of rotatable bonds is 3. The summed E-state index contributed by atoms with van der Waals surface area (Å²) in [6.45, 7) is 1.73. The summed E-state index contributed by atoms with van der Waals surface area (Å²) in [5.41, 5.74) is 0.301. The molecule has 8 nitrogen and oxygen atoms in total. The van der Waals surface area contributed by atoms with Crippen molar-refractivity contribution >= 4 is 5.82 Å². The van der Waals surface area contributed by atoms with Gasteiger partial charge in [0.2, 0.25) is 0 Å². The maximum atomic E-state index is 12.6. The lowest BCUT2D eigenvalue weighted by atomic mass is 10.2. The average molecular weight is 309 g/mol. The molecule has 4 rings (SSSR count). The van der Waals surface area contributed by atoms with Crippen molar-refractivity contribution in [2.24, 2.45) is 0 Å². The fourth-order valence-corrected chi connectivity index (χ4v) is 2.60. The minimum atomic E-state index is -0.189. The first kappa shape index (κ1) is 13.5. The van der Waals surface area contributed by atoms with Crippen LogP contribution in [0.3, 0.4) is 0 Å². The van der Waals surface area contributed by atoms with Crippen molar-refractivity contribution in [1.82, 2.24) is 29.3 Å². The largest absolute Gasteiger partial charge is 0.352 e. The molecule has 8 heteroatoms. The number of imidazole rings is 1. The van der Waals surface area contributed by atoms with Gasteiger partial charge < -0.3 is 4.90 Å². The summed E-state index contributed by atoms with van der Waals surface area (Å²) in [5, 5.41) is 2.94. The molecule has 0 unspecified atom stereocenters. The highest BCUT2D eigenvalue weighted by molar-refractivity contribution is 5.45. The molecule has 0 radical (unpaired) electrons. The first-order valence-electron chi connectivity index (χ1n) is 7.34. The minimum Gasteiger partial charge on any atom is -0.352 e. The van der Waals surface area contributed by atoms with E-state index in [1.54, 1.807) is 29.5 Å². The van der Waals surface area contributed by atoms with Crippen LogP contribution in [0, 0.1) is 0 Å². The highest BCUT2D eigenvalue weighted by Crippen LogP contribution is 2.15. The van der Waals surface area contributed by atoms with Crippen molar-refractivity contribution in [2.75, 3.05) is 18.0 Å². The van der Waals surface area contributed by atoms with Crippen LogP contribution in [0.2, 0.25) is 0 Å². The van der Waals surface area contributed by atoms with Crippen LogP contribution in [-0.4, -0.2) is 42.4 Å². The van der Waals surface area contributed by atoms with Gasteiger partial charge in [-0.1, -0.05) is 12.2 Å². The van der Waals surface area contributed by atoms with Crippen LogP contribution in [0.25, 0.3) is 11.5 Å². The quantitative estimate of drug-likeness (QED) is 0.727. The Morgan fingerprint density at radius 2 is 2.09 bits per heavy atom. The third kappa shape index (κ3) is 2.44. The summed E-state index contributed by atoms with van der Waals surface area (Å²) in [7, 11) is 0. The molecule has 1 N–H and O–H groups in total. The third-order valence-electron chi connectivity index (χ3n) is 3.78. The zero-order valence-corrected chi connectivity index (χ0v) is 12.3. The molecule has 0 spiro atoms. The highest BCUT2D eigenvalue weighted by atomic mass is 16.1. The van der Waals surface area contributed by atoms with Crippen LogP contribution in [0.1, 0.15) is 6.42 Å². The molecule has 0 bridgehead atoms. The van der Waals surface area contributed by atoms with Crippen molar-refractivity contribution in [3.63, 3.8) is 0 Å². The second-order valence-electron chi connectivity index (χ2n) is 5.21. The van der Waals surface area contributed by atoms with Crippen molar-refractivity contribution in [3.05, 3.63) is 59.8 Å². The number of H-pyrrole nitrogens is 1. The normalized spacial score (nSPS) is 14.3.